The van der Waals surface area contributed by atoms with Gasteiger partial charge in [-0.3, -0.25) is 4.79 Å². The van der Waals surface area contributed by atoms with E-state index in [1.165, 1.54) is 12.1 Å². The van der Waals surface area contributed by atoms with Crippen LogP contribution >= 0.6 is 0 Å². The second-order valence-electron chi connectivity index (χ2n) is 4.63. The van der Waals surface area contributed by atoms with E-state index in [1.54, 1.807) is 13.0 Å². The Morgan fingerprint density at radius 3 is 2.88 bits per heavy atom. The number of benzene rings is 1. The SMILES string of the molecule is Cc1ccc(F)cc1C(=O)NC1CCCC1N. The largest absolute Gasteiger partial charge is 0.348 e. The first-order valence-corrected chi connectivity index (χ1v) is 5.90. The Morgan fingerprint density at radius 2 is 2.24 bits per heavy atom. The second kappa shape index (κ2) is 4.84. The van der Waals surface area contributed by atoms with Gasteiger partial charge in [-0.2, -0.15) is 0 Å². The predicted molar refractivity (Wildman–Crippen MR) is 64.2 cm³/mol. The van der Waals surface area contributed by atoms with Gasteiger partial charge in [0, 0.05) is 17.6 Å². The lowest BCUT2D eigenvalue weighted by molar-refractivity contribution is 0.0933. The van der Waals surface area contributed by atoms with Gasteiger partial charge in [0.05, 0.1) is 0 Å². The number of halogens is 1. The predicted octanol–water partition coefficient (Wildman–Crippen LogP) is 1.74. The molecule has 92 valence electrons. The van der Waals surface area contributed by atoms with E-state index in [1.807, 2.05) is 0 Å². The number of carbonyl (C=O) groups is 1. The average Bonchev–Trinajstić information content (AvgIpc) is 2.68. The lowest BCUT2D eigenvalue weighted by Gasteiger charge is -2.17. The van der Waals surface area contributed by atoms with Crippen LogP contribution in [0.4, 0.5) is 4.39 Å². The lowest BCUT2D eigenvalue weighted by atomic mass is 10.1. The molecule has 2 unspecified atom stereocenters. The second-order valence-corrected chi connectivity index (χ2v) is 4.63. The van der Waals surface area contributed by atoms with Crippen LogP contribution in [0.5, 0.6) is 0 Å². The highest BCUT2D eigenvalue weighted by molar-refractivity contribution is 5.95. The van der Waals surface area contributed by atoms with Crippen molar-refractivity contribution in [3.63, 3.8) is 0 Å². The molecule has 0 radical (unpaired) electrons. The standard InChI is InChI=1S/C13H17FN2O/c1-8-5-6-9(14)7-10(8)13(17)16-12-4-2-3-11(12)15/h5-7,11-12H,2-4,15H2,1H3,(H,16,17). The summed E-state index contributed by atoms with van der Waals surface area (Å²) in [6.07, 6.45) is 2.88. The molecule has 2 atom stereocenters. The number of carbonyl (C=O) groups excluding carboxylic acids is 1. The fourth-order valence-corrected chi connectivity index (χ4v) is 2.25. The Kier molecular flexibility index (Phi) is 3.43. The molecule has 0 aromatic heterocycles. The minimum absolute atomic E-state index is 0.0187. The molecule has 0 spiro atoms. The van der Waals surface area contributed by atoms with Crippen molar-refractivity contribution in [3.8, 4) is 0 Å². The topological polar surface area (TPSA) is 55.1 Å². The van der Waals surface area contributed by atoms with Gasteiger partial charge in [-0.05, 0) is 43.9 Å². The van der Waals surface area contributed by atoms with Crippen LogP contribution < -0.4 is 11.1 Å². The van der Waals surface area contributed by atoms with Crippen molar-refractivity contribution in [3.05, 3.63) is 35.1 Å². The van der Waals surface area contributed by atoms with E-state index >= 15 is 0 Å². The van der Waals surface area contributed by atoms with Crippen LogP contribution in [0.25, 0.3) is 0 Å². The molecule has 1 amide bonds. The van der Waals surface area contributed by atoms with E-state index < -0.39 is 5.82 Å². The molecule has 1 fully saturated rings. The summed E-state index contributed by atoms with van der Waals surface area (Å²) in [4.78, 5) is 12.0. The molecule has 0 saturated heterocycles. The highest BCUT2D eigenvalue weighted by Gasteiger charge is 2.26. The third kappa shape index (κ3) is 2.64. The Labute approximate surface area is 100 Å². The lowest BCUT2D eigenvalue weighted by Crippen LogP contribution is -2.44. The van der Waals surface area contributed by atoms with Gasteiger partial charge in [0.25, 0.3) is 5.91 Å². The number of hydrogen-bond donors (Lipinski definition) is 2. The molecule has 1 aromatic carbocycles. The summed E-state index contributed by atoms with van der Waals surface area (Å²) in [6.45, 7) is 1.79. The van der Waals surface area contributed by atoms with E-state index in [0.717, 1.165) is 24.8 Å². The fourth-order valence-electron chi connectivity index (χ4n) is 2.25. The average molecular weight is 236 g/mol. The Bertz CT molecular complexity index is 433. The molecule has 1 aromatic rings. The number of rotatable bonds is 2. The van der Waals surface area contributed by atoms with Crippen molar-refractivity contribution in [2.24, 2.45) is 5.73 Å². The van der Waals surface area contributed by atoms with Gasteiger partial charge in [-0.15, -0.1) is 0 Å². The van der Waals surface area contributed by atoms with Crippen LogP contribution in [0.3, 0.4) is 0 Å². The molecule has 1 aliphatic rings. The maximum Gasteiger partial charge on any atom is 0.251 e. The fraction of sp³-hybridized carbons (Fsp3) is 0.462. The van der Waals surface area contributed by atoms with Crippen LogP contribution in [0.2, 0.25) is 0 Å². The monoisotopic (exact) mass is 236 g/mol. The Balaban J connectivity index is 2.11. The van der Waals surface area contributed by atoms with E-state index in [9.17, 15) is 9.18 Å². The molecule has 0 bridgehead atoms. The number of aryl methyl sites for hydroxylation is 1. The number of amides is 1. The summed E-state index contributed by atoms with van der Waals surface area (Å²) < 4.78 is 13.1. The van der Waals surface area contributed by atoms with Gasteiger partial charge < -0.3 is 11.1 Å². The molecule has 2 rings (SSSR count). The van der Waals surface area contributed by atoms with Crippen molar-refractivity contribution in [1.82, 2.24) is 5.32 Å². The first kappa shape index (κ1) is 12.0. The van der Waals surface area contributed by atoms with Crippen LogP contribution in [0.1, 0.15) is 35.2 Å². The maximum atomic E-state index is 13.1. The molecule has 3 nitrogen and oxygen atoms in total. The zero-order chi connectivity index (χ0) is 12.4. The highest BCUT2D eigenvalue weighted by Crippen LogP contribution is 2.18. The quantitative estimate of drug-likeness (QED) is 0.821. The number of nitrogens with one attached hydrogen (secondary N) is 1. The molecular formula is C13H17FN2O. The van der Waals surface area contributed by atoms with Crippen LogP contribution in [0, 0.1) is 12.7 Å². The summed E-state index contributed by atoms with van der Waals surface area (Å²) in [7, 11) is 0. The van der Waals surface area contributed by atoms with Gasteiger partial charge in [0.15, 0.2) is 0 Å². The Morgan fingerprint density at radius 1 is 1.47 bits per heavy atom. The third-order valence-electron chi connectivity index (χ3n) is 3.33. The van der Waals surface area contributed by atoms with Crippen molar-refractivity contribution in [1.29, 1.82) is 0 Å². The first-order valence-electron chi connectivity index (χ1n) is 5.90. The summed E-state index contributed by atoms with van der Waals surface area (Å²) in [5.41, 5.74) is 7.05. The normalized spacial score (nSPS) is 23.7. The molecule has 3 N–H and O–H groups in total. The number of nitrogens with two attached hydrogens (primary N) is 1. The zero-order valence-electron chi connectivity index (χ0n) is 9.87. The van der Waals surface area contributed by atoms with Gasteiger partial charge in [-0.1, -0.05) is 6.07 Å². The summed E-state index contributed by atoms with van der Waals surface area (Å²) in [6, 6.07) is 4.27. The molecule has 4 heteroatoms. The smallest absolute Gasteiger partial charge is 0.251 e. The first-order chi connectivity index (χ1) is 8.08. The molecule has 1 saturated carbocycles. The van der Waals surface area contributed by atoms with Gasteiger partial charge in [0.2, 0.25) is 0 Å². The van der Waals surface area contributed by atoms with Crippen LogP contribution in [-0.4, -0.2) is 18.0 Å². The van der Waals surface area contributed by atoms with Gasteiger partial charge in [-0.25, -0.2) is 4.39 Å². The van der Waals surface area contributed by atoms with E-state index in [0.29, 0.717) is 5.56 Å². The summed E-state index contributed by atoms with van der Waals surface area (Å²) in [5.74, 6) is -0.624. The molecule has 0 aliphatic heterocycles. The van der Waals surface area contributed by atoms with Crippen LogP contribution in [0.15, 0.2) is 18.2 Å². The zero-order valence-corrected chi connectivity index (χ0v) is 9.87. The molecular weight excluding hydrogens is 219 g/mol. The summed E-state index contributed by atoms with van der Waals surface area (Å²) >= 11 is 0. The van der Waals surface area contributed by atoms with Crippen molar-refractivity contribution < 1.29 is 9.18 Å². The number of hydrogen-bond acceptors (Lipinski definition) is 2. The van der Waals surface area contributed by atoms with Crippen molar-refractivity contribution in [2.45, 2.75) is 38.3 Å². The van der Waals surface area contributed by atoms with Crippen molar-refractivity contribution >= 4 is 5.91 Å². The molecule has 0 heterocycles. The summed E-state index contributed by atoms with van der Waals surface area (Å²) in [5, 5.41) is 2.88. The molecule has 17 heavy (non-hydrogen) atoms. The van der Waals surface area contributed by atoms with E-state index in [4.69, 9.17) is 5.73 Å². The highest BCUT2D eigenvalue weighted by atomic mass is 19.1. The van der Waals surface area contributed by atoms with E-state index in [-0.39, 0.29) is 18.0 Å². The maximum absolute atomic E-state index is 13.1. The third-order valence-corrected chi connectivity index (χ3v) is 3.33. The molecule has 1 aliphatic carbocycles. The van der Waals surface area contributed by atoms with Crippen LogP contribution in [-0.2, 0) is 0 Å². The van der Waals surface area contributed by atoms with Crippen molar-refractivity contribution in [2.75, 3.05) is 0 Å². The minimum Gasteiger partial charge on any atom is -0.348 e. The van der Waals surface area contributed by atoms with Gasteiger partial charge in [0.1, 0.15) is 5.82 Å². The Hall–Kier alpha value is -1.42. The van der Waals surface area contributed by atoms with Gasteiger partial charge >= 0.3 is 0 Å². The van der Waals surface area contributed by atoms with E-state index in [2.05, 4.69) is 5.32 Å². The minimum atomic E-state index is -0.392.